The van der Waals surface area contributed by atoms with Gasteiger partial charge in [0.15, 0.2) is 14.6 Å². The lowest BCUT2D eigenvalue weighted by atomic mass is 10.0. The molecule has 160 valence electrons. The summed E-state index contributed by atoms with van der Waals surface area (Å²) in [6, 6.07) is 7.29. The fourth-order valence-corrected chi connectivity index (χ4v) is 3.66. The van der Waals surface area contributed by atoms with Gasteiger partial charge in [-0.1, -0.05) is 6.07 Å². The van der Waals surface area contributed by atoms with Crippen LogP contribution in [0.1, 0.15) is 18.9 Å². The second-order valence-corrected chi connectivity index (χ2v) is 9.23. The Hall–Kier alpha value is -3.23. The lowest BCUT2D eigenvalue weighted by molar-refractivity contribution is -0.131. The summed E-state index contributed by atoms with van der Waals surface area (Å²) < 4.78 is 42.7. The summed E-state index contributed by atoms with van der Waals surface area (Å²) in [7, 11) is -2.60. The third-order valence-corrected chi connectivity index (χ3v) is 6.97. The van der Waals surface area contributed by atoms with Crippen LogP contribution < -0.4 is 15.8 Å². The Balaban J connectivity index is 2.41. The van der Waals surface area contributed by atoms with Crippen molar-refractivity contribution >= 4 is 15.7 Å². The lowest BCUT2D eigenvalue weighted by Crippen LogP contribution is -2.50. The van der Waals surface area contributed by atoms with E-state index in [4.69, 9.17) is 15.2 Å². The molecule has 9 nitrogen and oxygen atoms in total. The molecule has 1 atom stereocenters. The molecule has 0 saturated carbocycles. The van der Waals surface area contributed by atoms with Crippen LogP contribution in [0.5, 0.6) is 5.75 Å². The van der Waals surface area contributed by atoms with Crippen molar-refractivity contribution in [1.82, 2.24) is 10.0 Å². The molecule has 1 unspecified atom stereocenters. The number of halogens is 1. The van der Waals surface area contributed by atoms with Gasteiger partial charge in [-0.15, -0.1) is 0 Å². The number of aromatic nitrogens is 1. The van der Waals surface area contributed by atoms with E-state index >= 15 is 0 Å². The Labute approximate surface area is 172 Å². The molecular formula is C19H20FN3O6S. The van der Waals surface area contributed by atoms with Gasteiger partial charge in [-0.05, 0) is 31.0 Å². The second-order valence-electron chi connectivity index (χ2n) is 6.79. The van der Waals surface area contributed by atoms with E-state index in [1.807, 2.05) is 6.07 Å². The van der Waals surface area contributed by atoms with Crippen LogP contribution in [0.25, 0.3) is 11.1 Å². The molecule has 0 aliphatic rings. The van der Waals surface area contributed by atoms with E-state index in [0.717, 1.165) is 30.0 Å². The molecule has 0 bridgehead atoms. The summed E-state index contributed by atoms with van der Waals surface area (Å²) in [5.74, 6) is -1.70. The number of sulfone groups is 1. The number of hydroxylamine groups is 1. The van der Waals surface area contributed by atoms with Gasteiger partial charge in [-0.25, -0.2) is 18.3 Å². The first-order chi connectivity index (χ1) is 14.0. The van der Waals surface area contributed by atoms with Gasteiger partial charge >= 0.3 is 0 Å². The van der Waals surface area contributed by atoms with Crippen LogP contribution in [0.4, 0.5) is 4.39 Å². The number of benzene rings is 1. The topological polar surface area (TPSA) is 138 Å². The van der Waals surface area contributed by atoms with E-state index in [1.165, 1.54) is 30.8 Å². The number of nitrogens with one attached hydrogen (secondary N) is 1. The van der Waals surface area contributed by atoms with Gasteiger partial charge in [-0.3, -0.25) is 14.8 Å². The second kappa shape index (κ2) is 8.64. The Bertz CT molecular complexity index is 1190. The lowest BCUT2D eigenvalue weighted by Gasteiger charge is -2.25. The number of nitriles is 1. The number of hydrogen-bond donors (Lipinski definition) is 2. The predicted octanol–water partition coefficient (Wildman–Crippen LogP) is 1.23. The van der Waals surface area contributed by atoms with Gasteiger partial charge in [0.05, 0.1) is 12.7 Å². The monoisotopic (exact) mass is 437 g/mol. The molecule has 0 radical (unpaired) electrons. The number of carbonyl (C=O) groups excluding carboxylic acids is 1. The van der Waals surface area contributed by atoms with Crippen molar-refractivity contribution in [3.05, 3.63) is 52.2 Å². The number of aryl methyl sites for hydroxylation is 1. The van der Waals surface area contributed by atoms with Crippen molar-refractivity contribution in [2.75, 3.05) is 13.4 Å². The molecule has 2 aromatic rings. The molecule has 0 fully saturated rings. The number of methoxy groups -OCH3 is 1. The molecule has 1 aromatic carbocycles. The highest BCUT2D eigenvalue weighted by Gasteiger charge is 2.43. The SMILES string of the molecule is COc1cc(-c2cc(=O)n(CCC(C)(C(=O)NO)S(C)(=O)=O)cc2F)ccc1C#N. The minimum atomic E-state index is -3.96. The normalized spacial score (nSPS) is 13.2. The summed E-state index contributed by atoms with van der Waals surface area (Å²) >= 11 is 0. The quantitative estimate of drug-likeness (QED) is 0.491. The van der Waals surface area contributed by atoms with Crippen molar-refractivity contribution in [2.45, 2.75) is 24.6 Å². The van der Waals surface area contributed by atoms with E-state index in [2.05, 4.69) is 0 Å². The number of amides is 1. The van der Waals surface area contributed by atoms with Crippen LogP contribution >= 0.6 is 0 Å². The molecular weight excluding hydrogens is 417 g/mol. The summed E-state index contributed by atoms with van der Waals surface area (Å²) in [5.41, 5.74) is 1.21. The zero-order chi connectivity index (χ0) is 22.7. The summed E-state index contributed by atoms with van der Waals surface area (Å²) in [6.45, 7) is 0.816. The Morgan fingerprint density at radius 3 is 2.60 bits per heavy atom. The van der Waals surface area contributed by atoms with E-state index in [-0.39, 0.29) is 29.8 Å². The molecule has 30 heavy (non-hydrogen) atoms. The van der Waals surface area contributed by atoms with Gasteiger partial charge in [0.1, 0.15) is 17.6 Å². The molecule has 0 spiro atoms. The standard InChI is InChI=1S/C19H20FN3O6S/c1-19(18(25)22-26,30(3,27)28)6-7-23-11-15(20)14(9-17(23)24)12-4-5-13(10-21)16(8-12)29-2/h4-5,8-9,11,26H,6-7H2,1-3H3,(H,22,25). The molecule has 0 aliphatic carbocycles. The molecule has 0 saturated heterocycles. The van der Waals surface area contributed by atoms with Crippen molar-refractivity contribution < 1.29 is 27.5 Å². The van der Waals surface area contributed by atoms with Crippen molar-refractivity contribution in [1.29, 1.82) is 5.26 Å². The fraction of sp³-hybridized carbons (Fsp3) is 0.316. The van der Waals surface area contributed by atoms with Crippen LogP contribution in [-0.4, -0.2) is 42.2 Å². The highest BCUT2D eigenvalue weighted by atomic mass is 32.2. The van der Waals surface area contributed by atoms with Crippen LogP contribution in [-0.2, 0) is 21.2 Å². The zero-order valence-corrected chi connectivity index (χ0v) is 17.3. The number of nitrogens with zero attached hydrogens (tertiary/aromatic N) is 2. The van der Waals surface area contributed by atoms with Crippen LogP contribution in [0, 0.1) is 17.1 Å². The Morgan fingerprint density at radius 2 is 2.07 bits per heavy atom. The largest absolute Gasteiger partial charge is 0.495 e. The molecule has 2 rings (SSSR count). The average Bonchev–Trinajstić information content (AvgIpc) is 2.71. The summed E-state index contributed by atoms with van der Waals surface area (Å²) in [6.07, 6.45) is 1.36. The first kappa shape index (κ1) is 23.1. The molecule has 1 aromatic heterocycles. The smallest absolute Gasteiger partial charge is 0.264 e. The first-order valence-corrected chi connectivity index (χ1v) is 10.5. The Kier molecular flexibility index (Phi) is 6.64. The number of ether oxygens (including phenoxy) is 1. The fourth-order valence-electron chi connectivity index (χ4n) is 2.81. The van der Waals surface area contributed by atoms with E-state index < -0.39 is 31.9 Å². The highest BCUT2D eigenvalue weighted by molar-refractivity contribution is 7.92. The van der Waals surface area contributed by atoms with E-state index in [9.17, 15) is 22.4 Å². The van der Waals surface area contributed by atoms with E-state index in [1.54, 1.807) is 0 Å². The van der Waals surface area contributed by atoms with Crippen LogP contribution in [0.3, 0.4) is 0 Å². The zero-order valence-electron chi connectivity index (χ0n) is 16.5. The first-order valence-electron chi connectivity index (χ1n) is 8.61. The highest BCUT2D eigenvalue weighted by Crippen LogP contribution is 2.28. The maximum atomic E-state index is 14.7. The number of pyridine rings is 1. The molecule has 1 amide bonds. The maximum absolute atomic E-state index is 14.7. The minimum absolute atomic E-state index is 0.0296. The maximum Gasteiger partial charge on any atom is 0.264 e. The minimum Gasteiger partial charge on any atom is -0.495 e. The number of carbonyl (C=O) groups is 1. The van der Waals surface area contributed by atoms with Crippen molar-refractivity contribution in [3.63, 3.8) is 0 Å². The number of hydrogen-bond acceptors (Lipinski definition) is 7. The summed E-state index contributed by atoms with van der Waals surface area (Å²) in [4.78, 5) is 24.3. The third-order valence-electron chi connectivity index (χ3n) is 4.94. The van der Waals surface area contributed by atoms with Crippen molar-refractivity contribution in [2.24, 2.45) is 0 Å². The summed E-state index contributed by atoms with van der Waals surface area (Å²) in [5, 5.41) is 17.9. The van der Waals surface area contributed by atoms with E-state index in [0.29, 0.717) is 5.56 Å². The molecule has 1 heterocycles. The Morgan fingerprint density at radius 1 is 1.40 bits per heavy atom. The van der Waals surface area contributed by atoms with Gasteiger partial charge in [0.2, 0.25) is 0 Å². The van der Waals surface area contributed by atoms with Crippen LogP contribution in [0.2, 0.25) is 0 Å². The van der Waals surface area contributed by atoms with Gasteiger partial charge in [0.25, 0.3) is 11.5 Å². The third kappa shape index (κ3) is 4.34. The molecule has 11 heteroatoms. The average molecular weight is 437 g/mol. The predicted molar refractivity (Wildman–Crippen MR) is 105 cm³/mol. The van der Waals surface area contributed by atoms with Crippen LogP contribution in [0.15, 0.2) is 35.3 Å². The van der Waals surface area contributed by atoms with Crippen molar-refractivity contribution in [3.8, 4) is 22.9 Å². The van der Waals surface area contributed by atoms with Gasteiger partial charge < -0.3 is 9.30 Å². The van der Waals surface area contributed by atoms with Gasteiger partial charge in [-0.2, -0.15) is 5.26 Å². The van der Waals surface area contributed by atoms with Gasteiger partial charge in [0, 0.05) is 30.6 Å². The molecule has 0 aliphatic heterocycles. The molecule has 2 N–H and O–H groups in total. The number of rotatable bonds is 7.